The number of likely N-dealkylation sites (tertiary alicyclic amines) is 1. The molecule has 1 amide bonds. The van der Waals surface area contributed by atoms with Gasteiger partial charge in [0.05, 0.1) is 0 Å². The van der Waals surface area contributed by atoms with Crippen molar-refractivity contribution >= 4 is 17.7 Å². The van der Waals surface area contributed by atoms with Crippen LogP contribution in [-0.2, 0) is 11.8 Å². The summed E-state index contributed by atoms with van der Waals surface area (Å²) < 4.78 is 1.98. The van der Waals surface area contributed by atoms with Gasteiger partial charge in [-0.3, -0.25) is 9.69 Å². The Morgan fingerprint density at radius 3 is 2.59 bits per heavy atom. The summed E-state index contributed by atoms with van der Waals surface area (Å²) in [6, 6.07) is 10.0. The van der Waals surface area contributed by atoms with E-state index in [0.717, 1.165) is 29.6 Å². The molecule has 0 unspecified atom stereocenters. The number of carbonyl (C=O) groups excluding carboxylic acids is 1. The highest BCUT2D eigenvalue weighted by molar-refractivity contribution is 7.99. The van der Waals surface area contributed by atoms with Gasteiger partial charge in [-0.15, -0.1) is 10.2 Å². The fourth-order valence-corrected chi connectivity index (χ4v) is 4.20. The van der Waals surface area contributed by atoms with Gasteiger partial charge in [0.25, 0.3) is 0 Å². The highest BCUT2D eigenvalue weighted by Crippen LogP contribution is 2.23. The van der Waals surface area contributed by atoms with Crippen molar-refractivity contribution in [1.29, 1.82) is 0 Å². The Labute approximate surface area is 165 Å². The Kier molecular flexibility index (Phi) is 6.55. The lowest BCUT2D eigenvalue weighted by atomic mass is 10.0. The maximum absolute atomic E-state index is 12.2. The number of thioether (sulfide) groups is 1. The molecule has 1 aliphatic heterocycles. The first-order valence-electron chi connectivity index (χ1n) is 9.57. The summed E-state index contributed by atoms with van der Waals surface area (Å²) in [6.45, 7) is 7.37. The van der Waals surface area contributed by atoms with Crippen molar-refractivity contribution in [3.8, 4) is 11.4 Å². The maximum atomic E-state index is 12.2. The molecule has 2 aromatic rings. The van der Waals surface area contributed by atoms with Crippen LogP contribution in [-0.4, -0.2) is 56.5 Å². The maximum Gasteiger partial charge on any atom is 0.220 e. The van der Waals surface area contributed by atoms with Gasteiger partial charge in [0, 0.05) is 36.9 Å². The van der Waals surface area contributed by atoms with Crippen LogP contribution < -0.4 is 5.32 Å². The molecule has 1 saturated heterocycles. The van der Waals surface area contributed by atoms with E-state index in [9.17, 15) is 4.79 Å². The minimum absolute atomic E-state index is 0.0213. The molecule has 2 heterocycles. The molecule has 0 saturated carbocycles. The summed E-state index contributed by atoms with van der Waals surface area (Å²) in [5.74, 6) is 1.63. The zero-order chi connectivity index (χ0) is 19.3. The predicted molar refractivity (Wildman–Crippen MR) is 110 cm³/mol. The summed E-state index contributed by atoms with van der Waals surface area (Å²) in [5, 5.41) is 12.5. The van der Waals surface area contributed by atoms with Crippen molar-refractivity contribution in [3.63, 3.8) is 0 Å². The van der Waals surface area contributed by atoms with Crippen molar-refractivity contribution in [3.05, 3.63) is 30.3 Å². The van der Waals surface area contributed by atoms with Crippen molar-refractivity contribution in [2.24, 2.45) is 7.05 Å². The first kappa shape index (κ1) is 19.9. The van der Waals surface area contributed by atoms with Crippen molar-refractivity contribution in [2.75, 3.05) is 25.4 Å². The van der Waals surface area contributed by atoms with Crippen molar-refractivity contribution in [2.45, 2.75) is 43.8 Å². The number of nitrogens with zero attached hydrogens (tertiary/aromatic N) is 4. The normalized spacial score (nSPS) is 15.2. The number of rotatable bonds is 8. The van der Waals surface area contributed by atoms with E-state index in [0.29, 0.717) is 18.7 Å². The van der Waals surface area contributed by atoms with Gasteiger partial charge in [0.15, 0.2) is 11.0 Å². The number of benzene rings is 1. The van der Waals surface area contributed by atoms with Gasteiger partial charge in [0.2, 0.25) is 5.91 Å². The number of nitrogens with one attached hydrogen (secondary N) is 1. The molecular weight excluding hydrogens is 358 g/mol. The van der Waals surface area contributed by atoms with Crippen molar-refractivity contribution in [1.82, 2.24) is 25.0 Å². The molecule has 0 atom stereocenters. The smallest absolute Gasteiger partial charge is 0.220 e. The molecule has 1 fully saturated rings. The zero-order valence-corrected chi connectivity index (χ0v) is 17.3. The third-order valence-corrected chi connectivity index (χ3v) is 6.13. The van der Waals surface area contributed by atoms with E-state index in [1.165, 1.54) is 12.8 Å². The molecule has 6 nitrogen and oxygen atoms in total. The molecule has 1 aromatic heterocycles. The van der Waals surface area contributed by atoms with Crippen molar-refractivity contribution < 1.29 is 4.79 Å². The first-order chi connectivity index (χ1) is 13.0. The molecule has 27 heavy (non-hydrogen) atoms. The lowest BCUT2D eigenvalue weighted by Gasteiger charge is -2.35. The molecule has 7 heteroatoms. The summed E-state index contributed by atoms with van der Waals surface area (Å²) in [6.07, 6.45) is 3.00. The third kappa shape index (κ3) is 5.11. The monoisotopic (exact) mass is 387 g/mol. The average Bonchev–Trinajstić information content (AvgIpc) is 3.32. The number of carbonyl (C=O) groups is 1. The average molecular weight is 388 g/mol. The van der Waals surface area contributed by atoms with E-state index in [-0.39, 0.29) is 11.4 Å². The first-order valence-corrected chi connectivity index (χ1v) is 10.6. The number of hydrogen-bond donors (Lipinski definition) is 1. The van der Waals surface area contributed by atoms with Gasteiger partial charge in [0.1, 0.15) is 0 Å². The lowest BCUT2D eigenvalue weighted by molar-refractivity contribution is -0.121. The van der Waals surface area contributed by atoms with Gasteiger partial charge >= 0.3 is 0 Å². The van der Waals surface area contributed by atoms with Crippen LogP contribution in [0.4, 0.5) is 0 Å². The number of amides is 1. The van der Waals surface area contributed by atoms with Gasteiger partial charge in [-0.05, 0) is 39.8 Å². The Morgan fingerprint density at radius 1 is 1.19 bits per heavy atom. The second-order valence-corrected chi connectivity index (χ2v) is 8.68. The highest BCUT2D eigenvalue weighted by Gasteiger charge is 2.29. The summed E-state index contributed by atoms with van der Waals surface area (Å²) in [4.78, 5) is 14.7. The van der Waals surface area contributed by atoms with E-state index in [2.05, 4.69) is 34.3 Å². The van der Waals surface area contributed by atoms with Gasteiger partial charge in [-0.25, -0.2) is 0 Å². The molecule has 0 aliphatic carbocycles. The van der Waals surface area contributed by atoms with Crippen LogP contribution in [0.5, 0.6) is 0 Å². The topological polar surface area (TPSA) is 63.1 Å². The molecule has 0 spiro atoms. The van der Waals surface area contributed by atoms with Crippen LogP contribution in [0.25, 0.3) is 11.4 Å². The fraction of sp³-hybridized carbons (Fsp3) is 0.550. The molecule has 146 valence electrons. The van der Waals surface area contributed by atoms with E-state index < -0.39 is 0 Å². The minimum Gasteiger partial charge on any atom is -0.354 e. The van der Waals surface area contributed by atoms with E-state index in [1.54, 1.807) is 11.8 Å². The van der Waals surface area contributed by atoms with Gasteiger partial charge in [-0.1, -0.05) is 42.1 Å². The molecule has 0 bridgehead atoms. The fourth-order valence-electron chi connectivity index (χ4n) is 3.35. The Hall–Kier alpha value is -1.86. The lowest BCUT2D eigenvalue weighted by Crippen LogP contribution is -2.50. The highest BCUT2D eigenvalue weighted by atomic mass is 32.2. The second-order valence-electron chi connectivity index (χ2n) is 7.61. The summed E-state index contributed by atoms with van der Waals surface area (Å²) >= 11 is 1.57. The van der Waals surface area contributed by atoms with E-state index >= 15 is 0 Å². The van der Waals surface area contributed by atoms with Crippen LogP contribution in [0.3, 0.4) is 0 Å². The van der Waals surface area contributed by atoms with E-state index in [4.69, 9.17) is 0 Å². The third-order valence-electron chi connectivity index (χ3n) is 5.11. The van der Waals surface area contributed by atoms with Crippen LogP contribution in [0.15, 0.2) is 35.5 Å². The Bertz CT molecular complexity index is 753. The predicted octanol–water partition coefficient (Wildman–Crippen LogP) is 2.95. The summed E-state index contributed by atoms with van der Waals surface area (Å²) in [7, 11) is 1.96. The van der Waals surface area contributed by atoms with Gasteiger partial charge in [-0.2, -0.15) is 0 Å². The minimum atomic E-state index is 0.0213. The van der Waals surface area contributed by atoms with Crippen LogP contribution in [0, 0.1) is 0 Å². The largest absolute Gasteiger partial charge is 0.354 e. The molecular formula is C20H29N5OS. The Balaban J connectivity index is 1.44. The number of hydrogen-bond acceptors (Lipinski definition) is 5. The summed E-state index contributed by atoms with van der Waals surface area (Å²) in [5.41, 5.74) is 1.06. The van der Waals surface area contributed by atoms with Crippen LogP contribution in [0.2, 0.25) is 0 Å². The SMILES string of the molecule is Cn1c(SCCC(=O)NCC(C)(C)N2CCCC2)nnc1-c1ccccc1. The molecule has 1 aromatic carbocycles. The van der Waals surface area contributed by atoms with Crippen LogP contribution in [0.1, 0.15) is 33.1 Å². The molecule has 0 radical (unpaired) electrons. The van der Waals surface area contributed by atoms with E-state index in [1.807, 2.05) is 41.9 Å². The molecule has 3 rings (SSSR count). The quantitative estimate of drug-likeness (QED) is 0.706. The molecule has 1 aliphatic rings. The second kappa shape index (κ2) is 8.89. The van der Waals surface area contributed by atoms with Crippen LogP contribution >= 0.6 is 11.8 Å². The Morgan fingerprint density at radius 2 is 1.89 bits per heavy atom. The standard InChI is InChI=1S/C20H29N5OS/c1-20(2,25-12-7-8-13-25)15-21-17(26)11-14-27-19-23-22-18(24(19)3)16-9-5-4-6-10-16/h4-6,9-10H,7-8,11-15H2,1-3H3,(H,21,26). The number of aromatic nitrogens is 3. The molecule has 1 N–H and O–H groups in total. The zero-order valence-electron chi connectivity index (χ0n) is 16.4. The van der Waals surface area contributed by atoms with Gasteiger partial charge < -0.3 is 9.88 Å².